The molecule has 1 aliphatic heterocycles. The van der Waals surface area contributed by atoms with Gasteiger partial charge >= 0.3 is 5.97 Å². The van der Waals surface area contributed by atoms with Crippen LogP contribution in [0.1, 0.15) is 39.7 Å². The molecule has 0 radical (unpaired) electrons. The summed E-state index contributed by atoms with van der Waals surface area (Å²) in [6.45, 7) is 10.5. The second-order valence-electron chi connectivity index (χ2n) is 11.0. The van der Waals surface area contributed by atoms with E-state index in [1.807, 2.05) is 37.3 Å². The van der Waals surface area contributed by atoms with Crippen LogP contribution in [0.4, 0.5) is 0 Å². The third-order valence-electron chi connectivity index (χ3n) is 8.53. The first kappa shape index (κ1) is 27.0. The number of aliphatic hydroxyl groups excluding tert-OH is 1. The Morgan fingerprint density at radius 2 is 1.86 bits per heavy atom. The van der Waals surface area contributed by atoms with Crippen LogP contribution in [0, 0.1) is 29.1 Å². The number of hydrogen-bond donors (Lipinski definition) is 3. The van der Waals surface area contributed by atoms with Crippen LogP contribution >= 0.6 is 0 Å². The molecule has 0 unspecified atom stereocenters. The lowest BCUT2D eigenvalue weighted by Crippen LogP contribution is -2.60. The molecule has 0 bridgehead atoms. The Balaban J connectivity index is 1.94. The van der Waals surface area contributed by atoms with Crippen molar-refractivity contribution in [1.82, 2.24) is 5.32 Å². The maximum absolute atomic E-state index is 14.2. The number of ketones is 1. The molecular weight excluding hydrogens is 470 g/mol. The van der Waals surface area contributed by atoms with Gasteiger partial charge < -0.3 is 20.3 Å². The van der Waals surface area contributed by atoms with E-state index in [9.17, 15) is 24.6 Å². The van der Waals surface area contributed by atoms with Gasteiger partial charge in [-0.05, 0) is 49.0 Å². The Bertz CT molecular complexity index is 1140. The van der Waals surface area contributed by atoms with Crippen LogP contribution in [0.15, 0.2) is 66.8 Å². The molecule has 4 rings (SSSR count). The molecule has 9 atom stereocenters. The predicted octanol–water partition coefficient (Wildman–Crippen LogP) is 2.92. The highest BCUT2D eigenvalue weighted by atomic mass is 16.5. The Hall–Kier alpha value is -3.03. The van der Waals surface area contributed by atoms with Gasteiger partial charge in [-0.3, -0.25) is 14.4 Å². The molecular formula is C30H37NO6. The van der Waals surface area contributed by atoms with Gasteiger partial charge in [0.05, 0.1) is 6.10 Å². The molecule has 198 valence electrons. The fourth-order valence-electron chi connectivity index (χ4n) is 6.68. The first-order valence-corrected chi connectivity index (χ1v) is 12.9. The molecule has 0 aromatic heterocycles. The third-order valence-corrected chi connectivity index (χ3v) is 8.53. The number of rotatable bonds is 3. The number of hydrogen-bond acceptors (Lipinski definition) is 6. The van der Waals surface area contributed by atoms with E-state index in [4.69, 9.17) is 4.74 Å². The van der Waals surface area contributed by atoms with Crippen LogP contribution in [0.25, 0.3) is 0 Å². The van der Waals surface area contributed by atoms with Gasteiger partial charge in [0.25, 0.3) is 0 Å². The van der Waals surface area contributed by atoms with Crippen molar-refractivity contribution in [3.63, 3.8) is 0 Å². The van der Waals surface area contributed by atoms with E-state index in [1.54, 1.807) is 19.1 Å². The van der Waals surface area contributed by atoms with Crippen LogP contribution in [-0.2, 0) is 25.5 Å². The van der Waals surface area contributed by atoms with Gasteiger partial charge in [0.15, 0.2) is 5.78 Å². The average molecular weight is 508 g/mol. The summed E-state index contributed by atoms with van der Waals surface area (Å²) in [5.41, 5.74) is -1.55. The lowest BCUT2D eigenvalue weighted by molar-refractivity contribution is -0.166. The van der Waals surface area contributed by atoms with Crippen molar-refractivity contribution in [3.05, 3.63) is 72.4 Å². The number of aliphatic hydroxyl groups is 2. The summed E-state index contributed by atoms with van der Waals surface area (Å²) >= 11 is 0. The first-order valence-electron chi connectivity index (χ1n) is 12.9. The Kier molecular flexibility index (Phi) is 7.32. The van der Waals surface area contributed by atoms with Gasteiger partial charge in [-0.1, -0.05) is 62.9 Å². The molecule has 3 aliphatic rings. The third kappa shape index (κ3) is 4.59. The van der Waals surface area contributed by atoms with Gasteiger partial charge in [-0.2, -0.15) is 0 Å². The average Bonchev–Trinajstić information content (AvgIpc) is 3.13. The number of allylic oxidation sites excluding steroid dienone is 1. The second kappa shape index (κ2) is 10.0. The molecule has 1 saturated heterocycles. The van der Waals surface area contributed by atoms with Crippen molar-refractivity contribution in [2.24, 2.45) is 29.1 Å². The summed E-state index contributed by atoms with van der Waals surface area (Å²) < 4.78 is 5.81. The second-order valence-corrected chi connectivity index (χ2v) is 11.0. The fraction of sp³-hybridized carbons (Fsp3) is 0.500. The maximum atomic E-state index is 14.2. The largest absolute Gasteiger partial charge is 0.457 e. The molecule has 37 heavy (non-hydrogen) atoms. The SMILES string of the molecule is C=C1[C@@H](C)[C@H]2[C@H](Cc3ccccc3)NC(=O)[C@]23[C@H](OC(C)=O)/C=C\[C@@](C)(O)C(=O)[C@@H](C)C/C=C/[C@H]3[C@@H]1O. The molecule has 1 aromatic carbocycles. The number of nitrogens with one attached hydrogen (secondary N) is 1. The van der Waals surface area contributed by atoms with Crippen molar-refractivity contribution in [2.75, 3.05) is 0 Å². The van der Waals surface area contributed by atoms with Gasteiger partial charge in [0.2, 0.25) is 5.91 Å². The summed E-state index contributed by atoms with van der Waals surface area (Å²) in [6, 6.07) is 9.49. The van der Waals surface area contributed by atoms with E-state index >= 15 is 0 Å². The molecule has 2 aliphatic carbocycles. The van der Waals surface area contributed by atoms with Gasteiger partial charge in [-0.25, -0.2) is 0 Å². The van der Waals surface area contributed by atoms with E-state index < -0.39 is 46.9 Å². The monoisotopic (exact) mass is 507 g/mol. The zero-order valence-corrected chi connectivity index (χ0v) is 21.9. The summed E-state index contributed by atoms with van der Waals surface area (Å²) in [4.78, 5) is 39.5. The fourth-order valence-corrected chi connectivity index (χ4v) is 6.68. The number of Topliss-reactive ketones (excluding diaryl/α,β-unsaturated/α-hetero) is 1. The van der Waals surface area contributed by atoms with E-state index in [0.29, 0.717) is 18.4 Å². The zero-order valence-electron chi connectivity index (χ0n) is 21.9. The van der Waals surface area contributed by atoms with Crippen LogP contribution in [0.3, 0.4) is 0 Å². The lowest BCUT2D eigenvalue weighted by atomic mass is 9.51. The van der Waals surface area contributed by atoms with E-state index in [2.05, 4.69) is 11.9 Å². The van der Waals surface area contributed by atoms with Gasteiger partial charge in [-0.15, -0.1) is 0 Å². The topological polar surface area (TPSA) is 113 Å². The minimum absolute atomic E-state index is 0.287. The van der Waals surface area contributed by atoms with Crippen molar-refractivity contribution in [1.29, 1.82) is 0 Å². The molecule has 1 spiro atoms. The van der Waals surface area contributed by atoms with Crippen LogP contribution in [0.2, 0.25) is 0 Å². The Morgan fingerprint density at radius 1 is 1.19 bits per heavy atom. The van der Waals surface area contributed by atoms with Crippen LogP contribution in [-0.4, -0.2) is 51.7 Å². The number of carbonyl (C=O) groups is 3. The zero-order chi connectivity index (χ0) is 27.1. The minimum Gasteiger partial charge on any atom is -0.457 e. The molecule has 3 N–H and O–H groups in total. The van der Waals surface area contributed by atoms with Crippen molar-refractivity contribution in [2.45, 2.75) is 64.4 Å². The minimum atomic E-state index is -1.82. The summed E-state index contributed by atoms with van der Waals surface area (Å²) in [7, 11) is 0. The molecule has 1 heterocycles. The van der Waals surface area contributed by atoms with E-state index in [0.717, 1.165) is 5.56 Å². The highest BCUT2D eigenvalue weighted by molar-refractivity contribution is 5.91. The Labute approximate surface area is 218 Å². The first-order chi connectivity index (χ1) is 17.4. The van der Waals surface area contributed by atoms with E-state index in [-0.39, 0.29) is 23.7 Å². The van der Waals surface area contributed by atoms with Crippen LogP contribution < -0.4 is 5.32 Å². The molecule has 7 heteroatoms. The molecule has 1 saturated carbocycles. The standard InChI is InChI=1S/C30H37NO6/c1-17-10-9-13-22-26(33)19(3)18(2)25-23(16-21-11-7-6-8-12-21)31-28(35)30(22,25)24(37-20(4)32)14-15-29(5,36)27(17)34/h6-9,11-15,17-18,22-26,33,36H,3,10,16H2,1-2,4-5H3,(H,31,35)/b13-9+,15-14-/t17-,18+,22-,23-,24+,25-,26+,29+,30+/m0/s1. The predicted molar refractivity (Wildman–Crippen MR) is 139 cm³/mol. The van der Waals surface area contributed by atoms with Crippen molar-refractivity contribution >= 4 is 17.7 Å². The molecule has 7 nitrogen and oxygen atoms in total. The summed E-state index contributed by atoms with van der Waals surface area (Å²) in [5.74, 6) is -3.26. The number of carbonyl (C=O) groups excluding carboxylic acids is 3. The normalized spacial score (nSPS) is 41.6. The smallest absolute Gasteiger partial charge is 0.303 e. The summed E-state index contributed by atoms with van der Waals surface area (Å²) in [5, 5.41) is 25.7. The lowest BCUT2D eigenvalue weighted by Gasteiger charge is -2.52. The summed E-state index contributed by atoms with van der Waals surface area (Å²) in [6.07, 6.45) is 5.01. The molecule has 2 fully saturated rings. The Morgan fingerprint density at radius 3 is 2.51 bits per heavy atom. The highest BCUT2D eigenvalue weighted by Gasteiger charge is 2.68. The van der Waals surface area contributed by atoms with Crippen LogP contribution in [0.5, 0.6) is 0 Å². The number of amides is 1. The number of benzene rings is 1. The van der Waals surface area contributed by atoms with Gasteiger partial charge in [0.1, 0.15) is 17.1 Å². The highest BCUT2D eigenvalue weighted by Crippen LogP contribution is 2.58. The van der Waals surface area contributed by atoms with Gasteiger partial charge in [0, 0.05) is 30.7 Å². The number of esters is 1. The van der Waals surface area contributed by atoms with E-state index in [1.165, 1.54) is 26.0 Å². The quantitative estimate of drug-likeness (QED) is 0.428. The molecule has 1 amide bonds. The maximum Gasteiger partial charge on any atom is 0.303 e. The number of ether oxygens (including phenoxy) is 1. The van der Waals surface area contributed by atoms with Crippen molar-refractivity contribution < 1.29 is 29.3 Å². The van der Waals surface area contributed by atoms with Crippen molar-refractivity contribution in [3.8, 4) is 0 Å². The molecule has 1 aromatic rings.